The van der Waals surface area contributed by atoms with E-state index in [1.807, 2.05) is 4.90 Å². The summed E-state index contributed by atoms with van der Waals surface area (Å²) < 4.78 is 26.6. The van der Waals surface area contributed by atoms with Crippen molar-refractivity contribution in [3.63, 3.8) is 0 Å². The number of nitrogens with zero attached hydrogens (tertiary/aromatic N) is 2. The molecule has 18 heavy (non-hydrogen) atoms. The zero-order valence-electron chi connectivity index (χ0n) is 9.61. The van der Waals surface area contributed by atoms with Gasteiger partial charge in [-0.3, -0.25) is 0 Å². The van der Waals surface area contributed by atoms with Gasteiger partial charge in [-0.15, -0.1) is 0 Å². The molecule has 1 heterocycles. The standard InChI is InChI=1S/C11H11F2N3OS/c1-16-5-6-18-11(16)15-10(17)14-9-7(12)3-2-4-8(9)13/h2-4H,5-6H2,1H3,(H,14,17). The Hall–Kier alpha value is -1.63. The second kappa shape index (κ2) is 5.34. The summed E-state index contributed by atoms with van der Waals surface area (Å²) >= 11 is 1.43. The third kappa shape index (κ3) is 2.79. The van der Waals surface area contributed by atoms with Crippen LogP contribution in [0.1, 0.15) is 0 Å². The van der Waals surface area contributed by atoms with Gasteiger partial charge in [0.1, 0.15) is 17.3 Å². The lowest BCUT2D eigenvalue weighted by Gasteiger charge is -2.09. The van der Waals surface area contributed by atoms with Gasteiger partial charge in [-0.25, -0.2) is 13.6 Å². The predicted molar refractivity (Wildman–Crippen MR) is 67.9 cm³/mol. The summed E-state index contributed by atoms with van der Waals surface area (Å²) in [5, 5.41) is 2.66. The van der Waals surface area contributed by atoms with Crippen molar-refractivity contribution < 1.29 is 13.6 Å². The number of hydrogen-bond acceptors (Lipinski definition) is 2. The van der Waals surface area contributed by atoms with E-state index in [9.17, 15) is 13.6 Å². The minimum atomic E-state index is -0.823. The Balaban J connectivity index is 2.12. The first kappa shape index (κ1) is 12.8. The van der Waals surface area contributed by atoms with Gasteiger partial charge in [0.15, 0.2) is 5.17 Å². The molecule has 0 aromatic heterocycles. The maximum atomic E-state index is 13.3. The summed E-state index contributed by atoms with van der Waals surface area (Å²) in [4.78, 5) is 17.1. The lowest BCUT2D eigenvalue weighted by Crippen LogP contribution is -2.21. The first-order valence-electron chi connectivity index (χ1n) is 5.25. The van der Waals surface area contributed by atoms with E-state index in [1.165, 1.54) is 17.8 Å². The minimum Gasteiger partial charge on any atom is -0.353 e. The van der Waals surface area contributed by atoms with Gasteiger partial charge in [0.2, 0.25) is 0 Å². The molecule has 1 aliphatic rings. The lowest BCUT2D eigenvalue weighted by atomic mass is 10.3. The molecule has 1 aromatic rings. The Kier molecular flexibility index (Phi) is 3.81. The number of carbonyl (C=O) groups is 1. The molecule has 1 aromatic carbocycles. The normalized spacial score (nSPS) is 17.3. The molecule has 0 atom stereocenters. The van der Waals surface area contributed by atoms with E-state index in [2.05, 4.69) is 10.3 Å². The van der Waals surface area contributed by atoms with E-state index in [0.717, 1.165) is 24.4 Å². The molecule has 7 heteroatoms. The van der Waals surface area contributed by atoms with E-state index >= 15 is 0 Å². The van der Waals surface area contributed by atoms with E-state index < -0.39 is 23.4 Å². The van der Waals surface area contributed by atoms with Crippen molar-refractivity contribution in [2.45, 2.75) is 0 Å². The molecule has 0 unspecified atom stereocenters. The highest BCUT2D eigenvalue weighted by Crippen LogP contribution is 2.19. The zero-order chi connectivity index (χ0) is 13.1. The van der Waals surface area contributed by atoms with Crippen LogP contribution in [0.15, 0.2) is 23.2 Å². The third-order valence-corrected chi connectivity index (χ3v) is 3.42. The van der Waals surface area contributed by atoms with Gasteiger partial charge >= 0.3 is 6.03 Å². The van der Waals surface area contributed by atoms with E-state index in [4.69, 9.17) is 0 Å². The van der Waals surface area contributed by atoms with Gasteiger partial charge in [-0.05, 0) is 12.1 Å². The number of aliphatic imine (C=N–C) groups is 1. The number of halogens is 2. The van der Waals surface area contributed by atoms with Gasteiger partial charge in [0, 0.05) is 19.3 Å². The number of para-hydroxylation sites is 1. The second-order valence-corrected chi connectivity index (χ2v) is 4.75. The van der Waals surface area contributed by atoms with Crippen molar-refractivity contribution in [2.75, 3.05) is 24.7 Å². The summed E-state index contributed by atoms with van der Waals surface area (Å²) in [6.45, 7) is 0.796. The van der Waals surface area contributed by atoms with Gasteiger partial charge < -0.3 is 10.2 Å². The summed E-state index contributed by atoms with van der Waals surface area (Å²) in [5.41, 5.74) is -0.475. The Bertz CT molecular complexity index is 487. The number of rotatable bonds is 1. The van der Waals surface area contributed by atoms with Crippen molar-refractivity contribution in [3.8, 4) is 0 Å². The van der Waals surface area contributed by atoms with Crippen molar-refractivity contribution >= 4 is 28.6 Å². The third-order valence-electron chi connectivity index (χ3n) is 2.38. The number of nitrogens with one attached hydrogen (secondary N) is 1. The number of amides is 2. The molecule has 4 nitrogen and oxygen atoms in total. The molecule has 1 saturated heterocycles. The molecule has 1 N–H and O–H groups in total. The highest BCUT2D eigenvalue weighted by atomic mass is 32.2. The van der Waals surface area contributed by atoms with Crippen LogP contribution in [-0.4, -0.2) is 35.4 Å². The number of anilines is 1. The molecule has 0 radical (unpaired) electrons. The van der Waals surface area contributed by atoms with Crippen LogP contribution in [0.5, 0.6) is 0 Å². The van der Waals surface area contributed by atoms with Crippen molar-refractivity contribution in [1.82, 2.24) is 4.90 Å². The van der Waals surface area contributed by atoms with Gasteiger partial charge in [0.25, 0.3) is 0 Å². The molecule has 96 valence electrons. The largest absolute Gasteiger partial charge is 0.353 e. The first-order valence-corrected chi connectivity index (χ1v) is 6.24. The fraction of sp³-hybridized carbons (Fsp3) is 0.273. The zero-order valence-corrected chi connectivity index (χ0v) is 10.4. The molecule has 1 fully saturated rings. The van der Waals surface area contributed by atoms with Crippen LogP contribution >= 0.6 is 11.8 Å². The second-order valence-electron chi connectivity index (χ2n) is 3.69. The quantitative estimate of drug-likeness (QED) is 0.853. The molecule has 0 aliphatic carbocycles. The fourth-order valence-electron chi connectivity index (χ4n) is 1.44. The van der Waals surface area contributed by atoms with Crippen LogP contribution < -0.4 is 5.32 Å². The number of carbonyl (C=O) groups excluding carboxylic acids is 1. The van der Waals surface area contributed by atoms with Gasteiger partial charge in [-0.1, -0.05) is 17.8 Å². The Morgan fingerprint density at radius 1 is 1.44 bits per heavy atom. The summed E-state index contributed by atoms with van der Waals surface area (Å²) in [6.07, 6.45) is 0. The smallest absolute Gasteiger partial charge is 0.347 e. The van der Waals surface area contributed by atoms with Gasteiger partial charge in [-0.2, -0.15) is 4.99 Å². The number of urea groups is 1. The number of hydrogen-bond donors (Lipinski definition) is 1. The van der Waals surface area contributed by atoms with Crippen molar-refractivity contribution in [2.24, 2.45) is 4.99 Å². The van der Waals surface area contributed by atoms with Gasteiger partial charge in [0.05, 0.1) is 0 Å². The molecule has 2 rings (SSSR count). The van der Waals surface area contributed by atoms with Crippen molar-refractivity contribution in [1.29, 1.82) is 0 Å². The Morgan fingerprint density at radius 2 is 2.11 bits per heavy atom. The van der Waals surface area contributed by atoms with Crippen LogP contribution in [0.25, 0.3) is 0 Å². The molecule has 0 saturated carbocycles. The highest BCUT2D eigenvalue weighted by Gasteiger charge is 2.17. The van der Waals surface area contributed by atoms with Crippen LogP contribution in [0.3, 0.4) is 0 Å². The summed E-state index contributed by atoms with van der Waals surface area (Å²) in [7, 11) is 1.80. The SMILES string of the molecule is CN1CCSC1=NC(=O)Nc1c(F)cccc1F. The molecule has 2 amide bonds. The molecule has 0 bridgehead atoms. The lowest BCUT2D eigenvalue weighted by molar-refractivity contribution is 0.259. The molecule has 1 aliphatic heterocycles. The van der Waals surface area contributed by atoms with E-state index in [-0.39, 0.29) is 0 Å². The van der Waals surface area contributed by atoms with Crippen LogP contribution in [-0.2, 0) is 0 Å². The molecule has 0 spiro atoms. The maximum Gasteiger partial charge on any atom is 0.347 e. The van der Waals surface area contributed by atoms with E-state index in [0.29, 0.717) is 5.17 Å². The highest BCUT2D eigenvalue weighted by molar-refractivity contribution is 8.14. The summed E-state index contributed by atoms with van der Waals surface area (Å²) in [6, 6.07) is 2.59. The maximum absolute atomic E-state index is 13.3. The number of benzene rings is 1. The monoisotopic (exact) mass is 271 g/mol. The Labute approximate surface area is 107 Å². The van der Waals surface area contributed by atoms with Crippen molar-refractivity contribution in [3.05, 3.63) is 29.8 Å². The fourth-order valence-corrected chi connectivity index (χ4v) is 2.44. The molecular formula is C11H11F2N3OS. The van der Waals surface area contributed by atoms with Crippen LogP contribution in [0, 0.1) is 11.6 Å². The first-order chi connectivity index (χ1) is 8.58. The average Bonchev–Trinajstić information content (AvgIpc) is 2.70. The average molecular weight is 271 g/mol. The summed E-state index contributed by atoms with van der Waals surface area (Å²) in [5.74, 6) is -0.802. The Morgan fingerprint density at radius 3 is 2.67 bits per heavy atom. The van der Waals surface area contributed by atoms with Crippen LogP contribution in [0.4, 0.5) is 19.3 Å². The number of thioether (sulfide) groups is 1. The van der Waals surface area contributed by atoms with E-state index in [1.54, 1.807) is 7.05 Å². The minimum absolute atomic E-state index is 0.475. The molecular weight excluding hydrogens is 260 g/mol. The topological polar surface area (TPSA) is 44.7 Å². The number of amidine groups is 1. The van der Waals surface area contributed by atoms with Crippen LogP contribution in [0.2, 0.25) is 0 Å². The predicted octanol–water partition coefficient (Wildman–Crippen LogP) is 2.53.